The molecule has 0 bridgehead atoms. The van der Waals surface area contributed by atoms with Gasteiger partial charge < -0.3 is 5.21 Å². The minimum absolute atomic E-state index is 0.595. The molecule has 1 N–H and O–H groups in total. The Kier molecular flexibility index (Phi) is 1.96. The molecule has 0 radical (unpaired) electrons. The van der Waals surface area contributed by atoms with Gasteiger partial charge in [0.2, 0.25) is 6.20 Å². The molecular formula is C5H8N3OS+. The third-order valence-corrected chi connectivity index (χ3v) is 2.02. The van der Waals surface area contributed by atoms with Gasteiger partial charge in [-0.1, -0.05) is 9.84 Å². The van der Waals surface area contributed by atoms with Crippen molar-refractivity contribution in [3.05, 3.63) is 11.1 Å². The second kappa shape index (κ2) is 2.74. The molecule has 0 spiro atoms. The van der Waals surface area contributed by atoms with Gasteiger partial charge in [-0.25, -0.2) is 0 Å². The molecule has 0 atom stereocenters. The highest BCUT2D eigenvalue weighted by Gasteiger charge is 2.07. The SMILES string of the molecule is C/C(=N\O)c1c[n+](C)ns1. The van der Waals surface area contributed by atoms with E-state index in [1.807, 2.05) is 7.05 Å². The van der Waals surface area contributed by atoms with E-state index < -0.39 is 0 Å². The Labute approximate surface area is 62.6 Å². The predicted octanol–water partition coefficient (Wildman–Crippen LogP) is 0.166. The van der Waals surface area contributed by atoms with Crippen LogP contribution in [0.1, 0.15) is 11.8 Å². The lowest BCUT2D eigenvalue weighted by Gasteiger charge is -1.82. The molecule has 54 valence electrons. The lowest BCUT2D eigenvalue weighted by atomic mass is 10.4. The van der Waals surface area contributed by atoms with Crippen LogP contribution in [0.2, 0.25) is 0 Å². The molecule has 0 aliphatic heterocycles. The number of nitrogens with zero attached hydrogens (tertiary/aromatic N) is 3. The zero-order valence-electron chi connectivity index (χ0n) is 5.77. The van der Waals surface area contributed by atoms with Crippen LogP contribution in [0.15, 0.2) is 11.4 Å². The van der Waals surface area contributed by atoms with Crippen LogP contribution in [-0.2, 0) is 7.05 Å². The minimum Gasteiger partial charge on any atom is -0.411 e. The molecule has 0 amide bonds. The maximum atomic E-state index is 8.36. The largest absolute Gasteiger partial charge is 0.411 e. The van der Waals surface area contributed by atoms with E-state index >= 15 is 0 Å². The average Bonchev–Trinajstić information content (AvgIpc) is 2.34. The fourth-order valence-corrected chi connectivity index (χ4v) is 1.17. The average molecular weight is 158 g/mol. The van der Waals surface area contributed by atoms with E-state index in [0.29, 0.717) is 5.71 Å². The Morgan fingerprint density at radius 1 is 1.90 bits per heavy atom. The molecule has 0 aliphatic rings. The lowest BCUT2D eigenvalue weighted by molar-refractivity contribution is -0.722. The first kappa shape index (κ1) is 7.14. The fraction of sp³-hybridized carbons (Fsp3) is 0.400. The Morgan fingerprint density at radius 3 is 3.00 bits per heavy atom. The summed E-state index contributed by atoms with van der Waals surface area (Å²) in [6, 6.07) is 0. The van der Waals surface area contributed by atoms with E-state index in [-0.39, 0.29) is 0 Å². The van der Waals surface area contributed by atoms with Crippen molar-refractivity contribution in [3.63, 3.8) is 0 Å². The molecule has 0 aromatic carbocycles. The standard InChI is InChI=1S/C5H7N3OS/c1-4(6-9)5-3-8(2)7-10-5/h3H,1-2H3/p+1/b6-4+. The van der Waals surface area contributed by atoms with E-state index in [9.17, 15) is 0 Å². The summed E-state index contributed by atoms with van der Waals surface area (Å²) in [5.74, 6) is 0. The van der Waals surface area contributed by atoms with Crippen LogP contribution in [0.25, 0.3) is 0 Å². The molecule has 0 fully saturated rings. The van der Waals surface area contributed by atoms with Gasteiger partial charge >= 0.3 is 0 Å². The maximum Gasteiger partial charge on any atom is 0.217 e. The first-order valence-electron chi connectivity index (χ1n) is 2.75. The van der Waals surface area contributed by atoms with Crippen molar-refractivity contribution in [3.8, 4) is 0 Å². The molecule has 0 saturated carbocycles. The summed E-state index contributed by atoms with van der Waals surface area (Å²) in [6.07, 6.45) is 1.81. The molecule has 4 nitrogen and oxygen atoms in total. The molecule has 1 aromatic rings. The molecule has 1 heterocycles. The molecule has 1 rings (SSSR count). The van der Waals surface area contributed by atoms with E-state index in [1.165, 1.54) is 11.5 Å². The highest BCUT2D eigenvalue weighted by molar-refractivity contribution is 7.07. The van der Waals surface area contributed by atoms with Crippen molar-refractivity contribution in [1.29, 1.82) is 0 Å². The third-order valence-electron chi connectivity index (χ3n) is 1.08. The third kappa shape index (κ3) is 1.30. The smallest absolute Gasteiger partial charge is 0.217 e. The van der Waals surface area contributed by atoms with Crippen LogP contribution in [0.3, 0.4) is 0 Å². The van der Waals surface area contributed by atoms with Gasteiger partial charge in [0, 0.05) is 11.5 Å². The van der Waals surface area contributed by atoms with Gasteiger partial charge in [-0.2, -0.15) is 0 Å². The van der Waals surface area contributed by atoms with Crippen LogP contribution >= 0.6 is 11.5 Å². The van der Waals surface area contributed by atoms with Crippen molar-refractivity contribution in [2.45, 2.75) is 6.92 Å². The number of hydrogen-bond donors (Lipinski definition) is 1. The number of oxime groups is 1. The molecule has 0 aliphatic carbocycles. The normalized spacial score (nSPS) is 12.0. The number of aromatic nitrogens is 2. The summed E-state index contributed by atoms with van der Waals surface area (Å²) in [6.45, 7) is 1.73. The van der Waals surface area contributed by atoms with Crippen LogP contribution < -0.4 is 4.68 Å². The second-order valence-electron chi connectivity index (χ2n) is 1.93. The predicted molar refractivity (Wildman–Crippen MR) is 37.3 cm³/mol. The molecule has 1 aromatic heterocycles. The van der Waals surface area contributed by atoms with Crippen molar-refractivity contribution in [2.75, 3.05) is 0 Å². The zero-order valence-corrected chi connectivity index (χ0v) is 6.59. The summed E-state index contributed by atoms with van der Waals surface area (Å²) in [4.78, 5) is 0.880. The van der Waals surface area contributed by atoms with Crippen molar-refractivity contribution >= 4 is 17.2 Å². The summed E-state index contributed by atoms with van der Waals surface area (Å²) in [5, 5.41) is 11.4. The van der Waals surface area contributed by atoms with Gasteiger partial charge in [-0.3, -0.25) is 0 Å². The van der Waals surface area contributed by atoms with Crippen LogP contribution in [0.4, 0.5) is 0 Å². The Hall–Kier alpha value is -0.970. The minimum atomic E-state index is 0.595. The van der Waals surface area contributed by atoms with Gasteiger partial charge in [0.1, 0.15) is 10.6 Å². The van der Waals surface area contributed by atoms with Gasteiger partial charge in [0.15, 0.2) is 7.05 Å². The first-order chi connectivity index (χ1) is 4.74. The zero-order chi connectivity index (χ0) is 7.56. The fourth-order valence-electron chi connectivity index (χ4n) is 0.534. The van der Waals surface area contributed by atoms with Gasteiger partial charge in [-0.05, 0) is 6.92 Å². The number of rotatable bonds is 1. The summed E-state index contributed by atoms with van der Waals surface area (Å²) in [5.41, 5.74) is 0.595. The van der Waals surface area contributed by atoms with Crippen molar-refractivity contribution in [2.24, 2.45) is 12.2 Å². The van der Waals surface area contributed by atoms with Crippen LogP contribution in [0, 0.1) is 0 Å². The summed E-state index contributed by atoms with van der Waals surface area (Å²) >= 11 is 1.30. The number of aryl methyl sites for hydroxylation is 1. The van der Waals surface area contributed by atoms with Gasteiger partial charge in [-0.15, -0.1) is 0 Å². The molecular weight excluding hydrogens is 150 g/mol. The molecule has 5 heteroatoms. The second-order valence-corrected chi connectivity index (χ2v) is 2.71. The lowest BCUT2D eigenvalue weighted by Crippen LogP contribution is -2.27. The summed E-state index contributed by atoms with van der Waals surface area (Å²) < 4.78 is 5.63. The van der Waals surface area contributed by atoms with E-state index in [2.05, 4.69) is 9.64 Å². The van der Waals surface area contributed by atoms with Crippen molar-refractivity contribution in [1.82, 2.24) is 4.49 Å². The quantitative estimate of drug-likeness (QED) is 0.274. The first-order valence-corrected chi connectivity index (χ1v) is 3.53. The highest BCUT2D eigenvalue weighted by Crippen LogP contribution is 2.01. The molecule has 10 heavy (non-hydrogen) atoms. The molecule has 0 unspecified atom stereocenters. The van der Waals surface area contributed by atoms with Gasteiger partial charge in [0.25, 0.3) is 0 Å². The highest BCUT2D eigenvalue weighted by atomic mass is 32.1. The summed E-state index contributed by atoms with van der Waals surface area (Å²) in [7, 11) is 1.82. The van der Waals surface area contributed by atoms with Crippen LogP contribution in [0.5, 0.6) is 0 Å². The van der Waals surface area contributed by atoms with E-state index in [4.69, 9.17) is 5.21 Å². The maximum absolute atomic E-state index is 8.36. The molecule has 0 saturated heterocycles. The Bertz CT molecular complexity index is 255. The van der Waals surface area contributed by atoms with Crippen LogP contribution in [-0.4, -0.2) is 15.4 Å². The van der Waals surface area contributed by atoms with E-state index in [1.54, 1.807) is 17.8 Å². The monoisotopic (exact) mass is 158 g/mol. The van der Waals surface area contributed by atoms with Crippen molar-refractivity contribution < 1.29 is 9.89 Å². The topological polar surface area (TPSA) is 49.4 Å². The Morgan fingerprint density at radius 2 is 2.60 bits per heavy atom. The Balaban J connectivity index is 2.95. The van der Waals surface area contributed by atoms with E-state index in [0.717, 1.165) is 4.88 Å². The van der Waals surface area contributed by atoms with Gasteiger partial charge in [0.05, 0.1) is 4.49 Å². The number of hydrogen-bond acceptors (Lipinski definition) is 4.